The van der Waals surface area contributed by atoms with Crippen molar-refractivity contribution in [2.45, 2.75) is 0 Å². The van der Waals surface area contributed by atoms with Crippen LogP contribution in [0.5, 0.6) is 5.75 Å². The molecule has 16 heavy (non-hydrogen) atoms. The molecule has 0 saturated carbocycles. The number of halogens is 3. The van der Waals surface area contributed by atoms with Crippen LogP contribution in [0.3, 0.4) is 0 Å². The Morgan fingerprint density at radius 1 is 1.12 bits per heavy atom. The summed E-state index contributed by atoms with van der Waals surface area (Å²) in [4.78, 5) is 11.0. The van der Waals surface area contributed by atoms with Gasteiger partial charge in [0.25, 0.3) is 0 Å². The second-order valence-corrected chi connectivity index (χ2v) is 2.76. The molecule has 1 rings (SSSR count). The van der Waals surface area contributed by atoms with E-state index in [9.17, 15) is 18.0 Å². The summed E-state index contributed by atoms with van der Waals surface area (Å²) in [5.41, 5.74) is 3.30. The van der Waals surface area contributed by atoms with Crippen LogP contribution in [0.15, 0.2) is 0 Å². The summed E-state index contributed by atoms with van der Waals surface area (Å²) >= 11 is 0. The fourth-order valence-electron chi connectivity index (χ4n) is 1.14. The van der Waals surface area contributed by atoms with E-state index in [1.807, 2.05) is 0 Å². The van der Waals surface area contributed by atoms with Crippen molar-refractivity contribution in [2.24, 2.45) is 0 Å². The van der Waals surface area contributed by atoms with Crippen LogP contribution in [-0.2, 0) is 4.74 Å². The SMILES string of the molecule is COC(=O)c1c(N)c(F)c(OC)c(F)c1F. The van der Waals surface area contributed by atoms with E-state index in [0.29, 0.717) is 0 Å². The Hall–Kier alpha value is -1.92. The summed E-state index contributed by atoms with van der Waals surface area (Å²) in [6.45, 7) is 0. The highest BCUT2D eigenvalue weighted by molar-refractivity contribution is 5.95. The standard InChI is InChI=1S/C9H8F3NO3/c1-15-8-5(11)4(10)3(9(14)16-2)7(13)6(8)12/h13H2,1-2H3. The molecule has 0 saturated heterocycles. The predicted octanol–water partition coefficient (Wildman–Crippen LogP) is 1.48. The molecule has 1 aromatic rings. The Morgan fingerprint density at radius 2 is 1.69 bits per heavy atom. The summed E-state index contributed by atoms with van der Waals surface area (Å²) in [5.74, 6) is -6.84. The van der Waals surface area contributed by atoms with Gasteiger partial charge >= 0.3 is 5.97 Å². The first-order valence-electron chi connectivity index (χ1n) is 4.03. The number of nitrogen functional groups attached to an aromatic ring is 1. The van der Waals surface area contributed by atoms with Crippen molar-refractivity contribution >= 4 is 11.7 Å². The highest BCUT2D eigenvalue weighted by Gasteiger charge is 2.28. The Balaban J connectivity index is 3.60. The number of hydrogen-bond acceptors (Lipinski definition) is 4. The molecule has 0 aliphatic carbocycles. The summed E-state index contributed by atoms with van der Waals surface area (Å²) < 4.78 is 48.3. The van der Waals surface area contributed by atoms with Crippen LogP contribution in [0.4, 0.5) is 18.9 Å². The summed E-state index contributed by atoms with van der Waals surface area (Å²) in [7, 11) is 1.87. The lowest BCUT2D eigenvalue weighted by Crippen LogP contribution is -2.13. The van der Waals surface area contributed by atoms with Crippen molar-refractivity contribution in [1.29, 1.82) is 0 Å². The van der Waals surface area contributed by atoms with Crippen LogP contribution in [0, 0.1) is 17.5 Å². The van der Waals surface area contributed by atoms with Gasteiger partial charge in [-0.15, -0.1) is 0 Å². The van der Waals surface area contributed by atoms with E-state index < -0.39 is 40.4 Å². The third-order valence-electron chi connectivity index (χ3n) is 1.91. The number of carbonyl (C=O) groups excluding carboxylic acids is 1. The number of nitrogens with two attached hydrogens (primary N) is 1. The van der Waals surface area contributed by atoms with E-state index in [2.05, 4.69) is 9.47 Å². The number of rotatable bonds is 2. The third kappa shape index (κ3) is 1.64. The molecule has 4 nitrogen and oxygen atoms in total. The van der Waals surface area contributed by atoms with Crippen molar-refractivity contribution < 1.29 is 27.4 Å². The molecule has 1 aromatic carbocycles. The molecular weight excluding hydrogens is 227 g/mol. The molecule has 0 bridgehead atoms. The van der Waals surface area contributed by atoms with Crippen LogP contribution in [0.1, 0.15) is 10.4 Å². The number of carbonyl (C=O) groups is 1. The maximum Gasteiger partial charge on any atom is 0.343 e. The molecule has 0 spiro atoms. The zero-order valence-corrected chi connectivity index (χ0v) is 8.44. The maximum absolute atomic E-state index is 13.3. The first kappa shape index (κ1) is 12.2. The number of anilines is 1. The molecule has 2 N–H and O–H groups in total. The van der Waals surface area contributed by atoms with Gasteiger partial charge in [-0.05, 0) is 0 Å². The zero-order chi connectivity index (χ0) is 12.5. The van der Waals surface area contributed by atoms with Gasteiger partial charge in [-0.2, -0.15) is 4.39 Å². The Morgan fingerprint density at radius 3 is 2.12 bits per heavy atom. The highest BCUT2D eigenvalue weighted by Crippen LogP contribution is 2.32. The van der Waals surface area contributed by atoms with Crippen molar-refractivity contribution in [3.05, 3.63) is 23.0 Å². The quantitative estimate of drug-likeness (QED) is 0.479. The molecule has 0 aliphatic heterocycles. The number of benzene rings is 1. The van der Waals surface area contributed by atoms with Gasteiger partial charge in [-0.1, -0.05) is 0 Å². The number of hydrogen-bond donors (Lipinski definition) is 1. The average Bonchev–Trinajstić information content (AvgIpc) is 2.27. The molecule has 0 radical (unpaired) electrons. The first-order chi connectivity index (χ1) is 7.45. The molecule has 0 atom stereocenters. The molecule has 7 heteroatoms. The Bertz CT molecular complexity index is 419. The van der Waals surface area contributed by atoms with Crippen molar-refractivity contribution in [3.63, 3.8) is 0 Å². The molecule has 0 amide bonds. The third-order valence-corrected chi connectivity index (χ3v) is 1.91. The van der Waals surface area contributed by atoms with Gasteiger partial charge in [-0.25, -0.2) is 13.6 Å². The van der Waals surface area contributed by atoms with Crippen LogP contribution >= 0.6 is 0 Å². The predicted molar refractivity (Wildman–Crippen MR) is 48.6 cm³/mol. The van der Waals surface area contributed by atoms with Gasteiger partial charge in [0.1, 0.15) is 5.56 Å². The molecular formula is C9H8F3NO3. The highest BCUT2D eigenvalue weighted by atomic mass is 19.2. The Kier molecular flexibility index (Phi) is 3.26. The minimum Gasteiger partial charge on any atom is -0.491 e. The molecule has 0 aliphatic rings. The second-order valence-electron chi connectivity index (χ2n) is 2.76. The van der Waals surface area contributed by atoms with E-state index in [4.69, 9.17) is 5.73 Å². The number of methoxy groups -OCH3 is 2. The normalized spacial score (nSPS) is 10.1. The lowest BCUT2D eigenvalue weighted by atomic mass is 10.1. The largest absolute Gasteiger partial charge is 0.491 e. The maximum atomic E-state index is 13.3. The lowest BCUT2D eigenvalue weighted by Gasteiger charge is -2.11. The molecule has 88 valence electrons. The Labute approximate surface area is 88.8 Å². The van der Waals surface area contributed by atoms with Crippen LogP contribution in [0.25, 0.3) is 0 Å². The van der Waals surface area contributed by atoms with Crippen LogP contribution in [0.2, 0.25) is 0 Å². The summed E-state index contributed by atoms with van der Waals surface area (Å²) in [6.07, 6.45) is 0. The van der Waals surface area contributed by atoms with Crippen molar-refractivity contribution in [2.75, 3.05) is 20.0 Å². The van der Waals surface area contributed by atoms with Gasteiger partial charge in [0.15, 0.2) is 17.4 Å². The topological polar surface area (TPSA) is 61.5 Å². The second kappa shape index (κ2) is 4.30. The van der Waals surface area contributed by atoms with E-state index in [1.165, 1.54) is 0 Å². The summed E-state index contributed by atoms with van der Waals surface area (Å²) in [5, 5.41) is 0. The first-order valence-corrected chi connectivity index (χ1v) is 4.03. The van der Waals surface area contributed by atoms with E-state index in [1.54, 1.807) is 0 Å². The number of ether oxygens (including phenoxy) is 2. The van der Waals surface area contributed by atoms with Gasteiger partial charge in [0.2, 0.25) is 5.82 Å². The minimum atomic E-state index is -1.63. The van der Waals surface area contributed by atoms with Gasteiger partial charge in [0.05, 0.1) is 19.9 Å². The van der Waals surface area contributed by atoms with Crippen molar-refractivity contribution in [1.82, 2.24) is 0 Å². The van der Waals surface area contributed by atoms with E-state index in [0.717, 1.165) is 14.2 Å². The monoisotopic (exact) mass is 235 g/mol. The summed E-state index contributed by atoms with van der Waals surface area (Å²) in [6, 6.07) is 0. The van der Waals surface area contributed by atoms with Crippen LogP contribution in [-0.4, -0.2) is 20.2 Å². The van der Waals surface area contributed by atoms with Gasteiger partial charge in [0, 0.05) is 0 Å². The van der Waals surface area contributed by atoms with Crippen molar-refractivity contribution in [3.8, 4) is 5.75 Å². The van der Waals surface area contributed by atoms with E-state index in [-0.39, 0.29) is 0 Å². The number of esters is 1. The van der Waals surface area contributed by atoms with Crippen LogP contribution < -0.4 is 10.5 Å². The van der Waals surface area contributed by atoms with E-state index >= 15 is 0 Å². The zero-order valence-electron chi connectivity index (χ0n) is 8.44. The fraction of sp³-hybridized carbons (Fsp3) is 0.222. The molecule has 0 unspecified atom stereocenters. The molecule has 0 fully saturated rings. The lowest BCUT2D eigenvalue weighted by molar-refractivity contribution is 0.0594. The van der Waals surface area contributed by atoms with Gasteiger partial charge in [-0.3, -0.25) is 0 Å². The smallest absolute Gasteiger partial charge is 0.343 e. The molecule has 0 aromatic heterocycles. The van der Waals surface area contributed by atoms with Gasteiger partial charge < -0.3 is 15.2 Å². The minimum absolute atomic E-state index is 0.859. The average molecular weight is 235 g/mol. The fourth-order valence-corrected chi connectivity index (χ4v) is 1.14. The molecule has 0 heterocycles.